The number of amides is 2. The number of likely N-dealkylation sites (tertiary alicyclic amines) is 1. The van der Waals surface area contributed by atoms with E-state index in [-0.39, 0.29) is 6.04 Å². The zero-order chi connectivity index (χ0) is 19.2. The fraction of sp³-hybridized carbons (Fsp3) is 0.579. The van der Waals surface area contributed by atoms with E-state index in [2.05, 4.69) is 10.2 Å². The largest absolute Gasteiger partial charge is 0.465 e. The summed E-state index contributed by atoms with van der Waals surface area (Å²) in [5.41, 5.74) is 0.474. The Labute approximate surface area is 154 Å². The summed E-state index contributed by atoms with van der Waals surface area (Å²) in [6.45, 7) is 8.52. The molecular weight excluding hydrogens is 334 g/mol. The first-order valence-electron chi connectivity index (χ1n) is 8.97. The number of hydrogen-bond acceptors (Lipinski definition) is 4. The zero-order valence-electron chi connectivity index (χ0n) is 15.8. The predicted octanol–water partition coefficient (Wildman–Crippen LogP) is 2.77. The zero-order valence-corrected chi connectivity index (χ0v) is 15.8. The molecule has 2 N–H and O–H groups in total. The Morgan fingerprint density at radius 2 is 2.00 bits per heavy atom. The van der Waals surface area contributed by atoms with Crippen LogP contribution in [0.15, 0.2) is 30.3 Å². The lowest BCUT2D eigenvalue weighted by Crippen LogP contribution is -2.42. The number of rotatable bonds is 6. The van der Waals surface area contributed by atoms with Crippen LogP contribution in [-0.2, 0) is 11.3 Å². The summed E-state index contributed by atoms with van der Waals surface area (Å²) in [6, 6.07) is 9.59. The number of nitrogens with zero attached hydrogens (tertiary/aromatic N) is 2. The van der Waals surface area contributed by atoms with E-state index >= 15 is 0 Å². The van der Waals surface area contributed by atoms with Gasteiger partial charge in [0.1, 0.15) is 5.60 Å². The molecule has 0 aliphatic carbocycles. The smallest absolute Gasteiger partial charge is 0.407 e. The topological polar surface area (TPSA) is 82.1 Å². The first-order chi connectivity index (χ1) is 12.2. The van der Waals surface area contributed by atoms with Crippen LogP contribution in [-0.4, -0.2) is 64.9 Å². The monoisotopic (exact) mass is 363 g/mol. The van der Waals surface area contributed by atoms with Gasteiger partial charge in [0, 0.05) is 38.8 Å². The molecular formula is C19H29N3O4. The molecule has 26 heavy (non-hydrogen) atoms. The van der Waals surface area contributed by atoms with Crippen molar-refractivity contribution in [1.82, 2.24) is 15.1 Å². The summed E-state index contributed by atoms with van der Waals surface area (Å²) >= 11 is 0. The Balaban J connectivity index is 1.78. The maximum atomic E-state index is 11.7. The molecule has 1 atom stereocenters. The van der Waals surface area contributed by atoms with Gasteiger partial charge in [0.2, 0.25) is 0 Å². The van der Waals surface area contributed by atoms with Crippen molar-refractivity contribution in [3.63, 3.8) is 0 Å². The molecule has 1 aliphatic heterocycles. The molecule has 1 heterocycles. The Kier molecular flexibility index (Phi) is 6.85. The average Bonchev–Trinajstić information content (AvgIpc) is 3.00. The molecule has 2 amide bonds. The number of carboxylic acid groups (broad SMARTS) is 1. The number of hydrogen-bond donors (Lipinski definition) is 2. The number of carbonyl (C=O) groups is 2. The van der Waals surface area contributed by atoms with Gasteiger partial charge in [-0.15, -0.1) is 0 Å². The Hall–Kier alpha value is -2.28. The normalized spacial score (nSPS) is 17.7. The number of benzene rings is 1. The van der Waals surface area contributed by atoms with E-state index < -0.39 is 17.8 Å². The second-order valence-corrected chi connectivity index (χ2v) is 7.57. The summed E-state index contributed by atoms with van der Waals surface area (Å²) < 4.78 is 5.21. The second-order valence-electron chi connectivity index (χ2n) is 7.57. The molecule has 1 fully saturated rings. The number of nitrogens with one attached hydrogen (secondary N) is 1. The van der Waals surface area contributed by atoms with Crippen molar-refractivity contribution in [3.05, 3.63) is 35.9 Å². The summed E-state index contributed by atoms with van der Waals surface area (Å²) in [7, 11) is 0. The highest BCUT2D eigenvalue weighted by molar-refractivity contribution is 5.67. The van der Waals surface area contributed by atoms with Gasteiger partial charge < -0.3 is 15.2 Å². The Bertz CT molecular complexity index is 601. The minimum Gasteiger partial charge on any atom is -0.465 e. The molecule has 1 saturated heterocycles. The van der Waals surface area contributed by atoms with Crippen LogP contribution in [0.3, 0.4) is 0 Å². The third kappa shape index (κ3) is 6.55. The van der Waals surface area contributed by atoms with Crippen LogP contribution in [0.4, 0.5) is 9.59 Å². The van der Waals surface area contributed by atoms with Crippen LogP contribution >= 0.6 is 0 Å². The minimum absolute atomic E-state index is 0.0331. The maximum absolute atomic E-state index is 11.7. The Morgan fingerprint density at radius 3 is 2.62 bits per heavy atom. The first kappa shape index (κ1) is 20.0. The van der Waals surface area contributed by atoms with Crippen molar-refractivity contribution in [2.45, 2.75) is 45.4 Å². The highest BCUT2D eigenvalue weighted by Gasteiger charge is 2.30. The standard InChI is InChI=1S/C19H29N3O4/c1-19(2,3)26-17(23)20-10-12-21-11-9-16(14-21)22(18(24)25)13-15-7-5-4-6-8-15/h4-8,16H,9-14H2,1-3H3,(H,20,23)(H,24,25)/t16-/m1/s1. The van der Waals surface area contributed by atoms with Crippen LogP contribution in [0.1, 0.15) is 32.8 Å². The average molecular weight is 363 g/mol. The van der Waals surface area contributed by atoms with Crippen molar-refractivity contribution in [1.29, 1.82) is 0 Å². The summed E-state index contributed by atoms with van der Waals surface area (Å²) in [5, 5.41) is 12.3. The lowest BCUT2D eigenvalue weighted by atomic mass is 10.1. The van der Waals surface area contributed by atoms with Crippen molar-refractivity contribution < 1.29 is 19.4 Å². The quantitative estimate of drug-likeness (QED) is 0.812. The highest BCUT2D eigenvalue weighted by atomic mass is 16.6. The molecule has 7 heteroatoms. The molecule has 1 aromatic carbocycles. The summed E-state index contributed by atoms with van der Waals surface area (Å²) in [6.07, 6.45) is -0.525. The molecule has 7 nitrogen and oxygen atoms in total. The molecule has 0 bridgehead atoms. The van der Waals surface area contributed by atoms with E-state index in [4.69, 9.17) is 4.74 Å². The van der Waals surface area contributed by atoms with Crippen LogP contribution in [0, 0.1) is 0 Å². The van der Waals surface area contributed by atoms with Gasteiger partial charge in [-0.05, 0) is 32.8 Å². The maximum Gasteiger partial charge on any atom is 0.407 e. The first-order valence-corrected chi connectivity index (χ1v) is 8.97. The van der Waals surface area contributed by atoms with Gasteiger partial charge >= 0.3 is 12.2 Å². The van der Waals surface area contributed by atoms with E-state index in [1.807, 2.05) is 51.1 Å². The molecule has 2 rings (SSSR count). The van der Waals surface area contributed by atoms with E-state index in [1.165, 1.54) is 4.90 Å². The molecule has 1 aromatic rings. The lowest BCUT2D eigenvalue weighted by Gasteiger charge is -2.26. The number of carbonyl (C=O) groups excluding carboxylic acids is 1. The van der Waals surface area contributed by atoms with Gasteiger partial charge in [-0.25, -0.2) is 9.59 Å². The summed E-state index contributed by atoms with van der Waals surface area (Å²) in [4.78, 5) is 27.0. The third-order valence-electron chi connectivity index (χ3n) is 4.23. The van der Waals surface area contributed by atoms with Crippen molar-refractivity contribution in [2.75, 3.05) is 26.2 Å². The molecule has 0 spiro atoms. The van der Waals surface area contributed by atoms with Gasteiger partial charge in [-0.2, -0.15) is 0 Å². The fourth-order valence-electron chi connectivity index (χ4n) is 3.03. The third-order valence-corrected chi connectivity index (χ3v) is 4.23. The molecule has 0 radical (unpaired) electrons. The van der Waals surface area contributed by atoms with Gasteiger partial charge in [0.25, 0.3) is 0 Å². The lowest BCUT2D eigenvalue weighted by molar-refractivity contribution is 0.0523. The van der Waals surface area contributed by atoms with Crippen LogP contribution in [0.25, 0.3) is 0 Å². The SMILES string of the molecule is CC(C)(C)OC(=O)NCCN1CC[C@@H](N(Cc2ccccc2)C(=O)O)C1. The van der Waals surface area contributed by atoms with Crippen LogP contribution in [0.5, 0.6) is 0 Å². The fourth-order valence-corrected chi connectivity index (χ4v) is 3.03. The number of ether oxygens (including phenoxy) is 1. The summed E-state index contributed by atoms with van der Waals surface area (Å²) in [5.74, 6) is 0. The van der Waals surface area contributed by atoms with Gasteiger partial charge in [0.15, 0.2) is 0 Å². The minimum atomic E-state index is -0.896. The van der Waals surface area contributed by atoms with Gasteiger partial charge in [-0.1, -0.05) is 30.3 Å². The molecule has 1 aliphatic rings. The van der Waals surface area contributed by atoms with Gasteiger partial charge in [-0.3, -0.25) is 9.80 Å². The molecule has 144 valence electrons. The Morgan fingerprint density at radius 1 is 1.31 bits per heavy atom. The van der Waals surface area contributed by atoms with Gasteiger partial charge in [0.05, 0.1) is 0 Å². The molecule has 0 unspecified atom stereocenters. The van der Waals surface area contributed by atoms with Crippen LogP contribution < -0.4 is 5.32 Å². The highest BCUT2D eigenvalue weighted by Crippen LogP contribution is 2.18. The van der Waals surface area contributed by atoms with Crippen molar-refractivity contribution in [2.24, 2.45) is 0 Å². The van der Waals surface area contributed by atoms with E-state index in [9.17, 15) is 14.7 Å². The van der Waals surface area contributed by atoms with Crippen molar-refractivity contribution >= 4 is 12.2 Å². The number of alkyl carbamates (subject to hydrolysis) is 1. The van der Waals surface area contributed by atoms with E-state index in [0.29, 0.717) is 26.2 Å². The molecule has 0 aromatic heterocycles. The second kappa shape index (κ2) is 8.89. The van der Waals surface area contributed by atoms with E-state index in [0.717, 1.165) is 18.5 Å². The molecule has 0 saturated carbocycles. The van der Waals surface area contributed by atoms with E-state index in [1.54, 1.807) is 0 Å². The van der Waals surface area contributed by atoms with Crippen LogP contribution in [0.2, 0.25) is 0 Å². The van der Waals surface area contributed by atoms with Crippen molar-refractivity contribution in [3.8, 4) is 0 Å². The predicted molar refractivity (Wildman–Crippen MR) is 99.1 cm³/mol.